The number of hydrogen-bond acceptors (Lipinski definition) is 1. The summed E-state index contributed by atoms with van der Waals surface area (Å²) in [7, 11) is 0. The van der Waals surface area contributed by atoms with Crippen molar-refractivity contribution in [2.75, 3.05) is 13.1 Å². The molecule has 1 aromatic carbocycles. The van der Waals surface area contributed by atoms with Gasteiger partial charge in [-0.15, -0.1) is 0 Å². The Morgan fingerprint density at radius 1 is 1.11 bits per heavy atom. The van der Waals surface area contributed by atoms with Crippen molar-refractivity contribution < 1.29 is 8.78 Å². The maximum atomic E-state index is 13.8. The lowest BCUT2D eigenvalue weighted by atomic mass is 9.88. The highest BCUT2D eigenvalue weighted by Gasteiger charge is 2.35. The summed E-state index contributed by atoms with van der Waals surface area (Å²) in [5.74, 6) is -2.87. The molecule has 0 aromatic heterocycles. The van der Waals surface area contributed by atoms with Crippen LogP contribution in [0.1, 0.15) is 43.7 Å². The van der Waals surface area contributed by atoms with Gasteiger partial charge in [0.2, 0.25) is 0 Å². The molecule has 1 saturated heterocycles. The lowest BCUT2D eigenvalue weighted by molar-refractivity contribution is -0.0514. The van der Waals surface area contributed by atoms with Gasteiger partial charge in [0.15, 0.2) is 0 Å². The van der Waals surface area contributed by atoms with Crippen molar-refractivity contribution in [3.05, 3.63) is 35.4 Å². The minimum Gasteiger partial charge on any atom is -0.317 e. The van der Waals surface area contributed by atoms with Gasteiger partial charge in [-0.25, -0.2) is 8.78 Å². The highest BCUT2D eigenvalue weighted by molar-refractivity contribution is 5.28. The summed E-state index contributed by atoms with van der Waals surface area (Å²) in [5, 5.41) is 3.32. The molecule has 1 heterocycles. The Morgan fingerprint density at radius 3 is 2.17 bits per heavy atom. The minimum absolute atomic E-state index is 0.134. The van der Waals surface area contributed by atoms with E-state index in [1.165, 1.54) is 5.56 Å². The molecule has 2 rings (SSSR count). The Balaban J connectivity index is 2.14. The molecule has 0 aliphatic carbocycles. The number of hydrogen-bond donors (Lipinski definition) is 1. The molecule has 100 valence electrons. The fourth-order valence-corrected chi connectivity index (χ4v) is 2.47. The number of alkyl halides is 2. The van der Waals surface area contributed by atoms with Crippen LogP contribution in [0.3, 0.4) is 0 Å². The van der Waals surface area contributed by atoms with E-state index in [4.69, 9.17) is 0 Å². The minimum atomic E-state index is -2.73. The molecule has 18 heavy (non-hydrogen) atoms. The van der Waals surface area contributed by atoms with Gasteiger partial charge in [-0.2, -0.15) is 0 Å². The van der Waals surface area contributed by atoms with Crippen LogP contribution in [0.5, 0.6) is 0 Å². The SMILES string of the molecule is CC(C)C(F)(F)c1ccc(C2CCNCC2)cc1. The predicted octanol–water partition coefficient (Wildman–Crippen LogP) is 3.90. The Labute approximate surface area is 108 Å². The molecular formula is C15H21F2N. The van der Waals surface area contributed by atoms with Crippen LogP contribution >= 0.6 is 0 Å². The van der Waals surface area contributed by atoms with Crippen LogP contribution in [-0.2, 0) is 5.92 Å². The van der Waals surface area contributed by atoms with Crippen LogP contribution in [0.2, 0.25) is 0 Å². The molecule has 1 aliphatic rings. The number of rotatable bonds is 3. The fraction of sp³-hybridized carbons (Fsp3) is 0.600. The van der Waals surface area contributed by atoms with Gasteiger partial charge in [0.05, 0.1) is 0 Å². The highest BCUT2D eigenvalue weighted by atomic mass is 19.3. The van der Waals surface area contributed by atoms with E-state index in [1.807, 2.05) is 12.1 Å². The third-order valence-electron chi connectivity index (χ3n) is 3.83. The summed E-state index contributed by atoms with van der Waals surface area (Å²) in [5.41, 5.74) is 1.33. The number of benzene rings is 1. The highest BCUT2D eigenvalue weighted by Crippen LogP contribution is 2.36. The molecule has 0 atom stereocenters. The Bertz CT molecular complexity index is 378. The average molecular weight is 253 g/mol. The average Bonchev–Trinajstić information content (AvgIpc) is 2.40. The molecule has 0 radical (unpaired) electrons. The lowest BCUT2D eigenvalue weighted by Gasteiger charge is -2.24. The van der Waals surface area contributed by atoms with Crippen LogP contribution in [0.4, 0.5) is 8.78 Å². The van der Waals surface area contributed by atoms with Crippen LogP contribution < -0.4 is 5.32 Å². The summed E-state index contributed by atoms with van der Waals surface area (Å²) in [6, 6.07) is 6.94. The van der Waals surface area contributed by atoms with E-state index in [0.717, 1.165) is 25.9 Å². The maximum Gasteiger partial charge on any atom is 0.275 e. The summed E-state index contributed by atoms with van der Waals surface area (Å²) < 4.78 is 27.7. The molecule has 3 heteroatoms. The van der Waals surface area contributed by atoms with Crippen molar-refractivity contribution in [3.63, 3.8) is 0 Å². The van der Waals surface area contributed by atoms with Crippen LogP contribution in [0.15, 0.2) is 24.3 Å². The second kappa shape index (κ2) is 5.35. The normalized spacial score (nSPS) is 18.3. The van der Waals surface area contributed by atoms with Crippen LogP contribution in [0.25, 0.3) is 0 Å². The Kier molecular flexibility index (Phi) is 4.00. The molecule has 1 nitrogen and oxygen atoms in total. The van der Waals surface area contributed by atoms with Gasteiger partial charge in [-0.1, -0.05) is 38.1 Å². The summed E-state index contributed by atoms with van der Waals surface area (Å²) in [6.45, 7) is 5.16. The van der Waals surface area contributed by atoms with Gasteiger partial charge >= 0.3 is 0 Å². The van der Waals surface area contributed by atoms with Gasteiger partial charge in [0, 0.05) is 11.5 Å². The molecule has 0 saturated carbocycles. The van der Waals surface area contributed by atoms with E-state index in [0.29, 0.717) is 5.92 Å². The quantitative estimate of drug-likeness (QED) is 0.861. The second-order valence-electron chi connectivity index (χ2n) is 5.42. The van der Waals surface area contributed by atoms with Crippen LogP contribution in [0, 0.1) is 5.92 Å². The zero-order valence-electron chi connectivity index (χ0n) is 11.0. The topological polar surface area (TPSA) is 12.0 Å². The zero-order valence-corrected chi connectivity index (χ0v) is 11.0. The molecule has 0 bridgehead atoms. The van der Waals surface area contributed by atoms with Gasteiger partial charge in [-0.05, 0) is 37.4 Å². The molecule has 0 spiro atoms. The third kappa shape index (κ3) is 2.72. The van der Waals surface area contributed by atoms with E-state index in [1.54, 1.807) is 26.0 Å². The molecule has 0 amide bonds. The number of halogens is 2. The van der Waals surface area contributed by atoms with E-state index < -0.39 is 11.8 Å². The molecule has 1 N–H and O–H groups in total. The first-order valence-electron chi connectivity index (χ1n) is 6.70. The standard InChI is InChI=1S/C15H21F2N/c1-11(2)15(16,17)14-5-3-12(4-6-14)13-7-9-18-10-8-13/h3-6,11,13,18H,7-10H2,1-2H3. The first-order chi connectivity index (χ1) is 8.51. The van der Waals surface area contributed by atoms with Crippen molar-refractivity contribution >= 4 is 0 Å². The van der Waals surface area contributed by atoms with Gasteiger partial charge in [-0.3, -0.25) is 0 Å². The van der Waals surface area contributed by atoms with E-state index >= 15 is 0 Å². The van der Waals surface area contributed by atoms with Gasteiger partial charge < -0.3 is 5.32 Å². The monoisotopic (exact) mass is 253 g/mol. The molecule has 1 aliphatic heterocycles. The summed E-state index contributed by atoms with van der Waals surface area (Å²) in [4.78, 5) is 0. The molecule has 1 fully saturated rings. The van der Waals surface area contributed by atoms with E-state index in [9.17, 15) is 8.78 Å². The van der Waals surface area contributed by atoms with E-state index in [2.05, 4.69) is 5.32 Å². The predicted molar refractivity (Wildman–Crippen MR) is 70.0 cm³/mol. The van der Waals surface area contributed by atoms with Crippen molar-refractivity contribution in [1.29, 1.82) is 0 Å². The van der Waals surface area contributed by atoms with Gasteiger partial charge in [0.1, 0.15) is 0 Å². The van der Waals surface area contributed by atoms with Gasteiger partial charge in [0.25, 0.3) is 5.92 Å². The van der Waals surface area contributed by atoms with E-state index in [-0.39, 0.29) is 5.56 Å². The third-order valence-corrected chi connectivity index (χ3v) is 3.83. The lowest BCUT2D eigenvalue weighted by Crippen LogP contribution is -2.26. The smallest absolute Gasteiger partial charge is 0.275 e. The van der Waals surface area contributed by atoms with Crippen molar-refractivity contribution in [1.82, 2.24) is 5.32 Å². The summed E-state index contributed by atoms with van der Waals surface area (Å²) >= 11 is 0. The van der Waals surface area contributed by atoms with Crippen molar-refractivity contribution in [2.24, 2.45) is 5.92 Å². The molecular weight excluding hydrogens is 232 g/mol. The molecule has 1 aromatic rings. The van der Waals surface area contributed by atoms with Crippen LogP contribution in [-0.4, -0.2) is 13.1 Å². The number of nitrogens with one attached hydrogen (secondary N) is 1. The largest absolute Gasteiger partial charge is 0.317 e. The number of piperidine rings is 1. The zero-order chi connectivity index (χ0) is 13.2. The first kappa shape index (κ1) is 13.5. The fourth-order valence-electron chi connectivity index (χ4n) is 2.47. The van der Waals surface area contributed by atoms with Crippen molar-refractivity contribution in [2.45, 2.75) is 38.5 Å². The second-order valence-corrected chi connectivity index (χ2v) is 5.42. The maximum absolute atomic E-state index is 13.8. The Hall–Kier alpha value is -0.960. The first-order valence-corrected chi connectivity index (χ1v) is 6.70. The van der Waals surface area contributed by atoms with Crippen molar-refractivity contribution in [3.8, 4) is 0 Å². The Morgan fingerprint density at radius 2 is 1.67 bits per heavy atom. The molecule has 0 unspecified atom stereocenters. The summed E-state index contributed by atoms with van der Waals surface area (Å²) in [6.07, 6.45) is 2.19.